The molecule has 0 aromatic heterocycles. The summed E-state index contributed by atoms with van der Waals surface area (Å²) in [5.74, 6) is 0. The Labute approximate surface area is 172 Å². The third kappa shape index (κ3) is 5.88. The van der Waals surface area contributed by atoms with Crippen molar-refractivity contribution in [2.24, 2.45) is 0 Å². The van der Waals surface area contributed by atoms with Crippen molar-refractivity contribution in [2.75, 3.05) is 44.7 Å². The maximum atomic E-state index is 12.7. The van der Waals surface area contributed by atoms with E-state index in [-0.39, 0.29) is 23.7 Å². The van der Waals surface area contributed by atoms with E-state index in [1.165, 1.54) is 48.5 Å². The number of rotatable bonds is 9. The first-order chi connectivity index (χ1) is 14.0. The van der Waals surface area contributed by atoms with Crippen molar-refractivity contribution in [2.45, 2.75) is 49.5 Å². The maximum absolute atomic E-state index is 12.7. The van der Waals surface area contributed by atoms with Gasteiger partial charge in [-0.1, -0.05) is 19.3 Å². The van der Waals surface area contributed by atoms with Crippen LogP contribution < -0.4 is 10.6 Å². The second-order valence-electron chi connectivity index (χ2n) is 7.52. The molecule has 1 aliphatic carbocycles. The molecule has 10 heteroatoms. The van der Waals surface area contributed by atoms with E-state index in [9.17, 15) is 18.5 Å². The highest BCUT2D eigenvalue weighted by Crippen LogP contribution is 2.29. The molecule has 2 N–H and O–H groups in total. The Balaban J connectivity index is 1.58. The predicted octanol–water partition coefficient (Wildman–Crippen LogP) is 2.34. The van der Waals surface area contributed by atoms with Crippen LogP contribution in [0.15, 0.2) is 23.1 Å². The lowest BCUT2D eigenvalue weighted by molar-refractivity contribution is -0.384. The highest BCUT2D eigenvalue weighted by atomic mass is 32.2. The van der Waals surface area contributed by atoms with Gasteiger partial charge in [0.05, 0.1) is 23.0 Å². The van der Waals surface area contributed by atoms with Gasteiger partial charge < -0.3 is 15.4 Å². The Kier molecular flexibility index (Phi) is 7.82. The van der Waals surface area contributed by atoms with Gasteiger partial charge >= 0.3 is 0 Å². The molecule has 0 atom stereocenters. The highest BCUT2D eigenvalue weighted by Gasteiger charge is 2.28. The number of anilines is 1. The van der Waals surface area contributed by atoms with E-state index in [1.54, 1.807) is 0 Å². The van der Waals surface area contributed by atoms with E-state index >= 15 is 0 Å². The molecular weight excluding hydrogens is 396 g/mol. The molecule has 1 aromatic rings. The molecule has 0 radical (unpaired) electrons. The van der Waals surface area contributed by atoms with Gasteiger partial charge in [0.2, 0.25) is 10.0 Å². The van der Waals surface area contributed by atoms with Crippen molar-refractivity contribution in [1.29, 1.82) is 0 Å². The monoisotopic (exact) mass is 426 g/mol. The van der Waals surface area contributed by atoms with Crippen LogP contribution >= 0.6 is 0 Å². The van der Waals surface area contributed by atoms with Crippen molar-refractivity contribution in [3.05, 3.63) is 28.3 Å². The summed E-state index contributed by atoms with van der Waals surface area (Å²) in [4.78, 5) is 10.9. The van der Waals surface area contributed by atoms with Crippen LogP contribution in [-0.2, 0) is 14.8 Å². The molecule has 29 heavy (non-hydrogen) atoms. The fourth-order valence-corrected chi connectivity index (χ4v) is 5.26. The second-order valence-corrected chi connectivity index (χ2v) is 9.46. The van der Waals surface area contributed by atoms with Gasteiger partial charge in [0.25, 0.3) is 5.69 Å². The SMILES string of the molecule is O=[N+]([O-])c1cc(S(=O)(=O)N2CCOCC2)ccc1NCCCNC1CCCCC1. The predicted molar refractivity (Wildman–Crippen MR) is 111 cm³/mol. The maximum Gasteiger partial charge on any atom is 0.293 e. The summed E-state index contributed by atoms with van der Waals surface area (Å²) >= 11 is 0. The highest BCUT2D eigenvalue weighted by molar-refractivity contribution is 7.89. The molecular formula is C19H30N4O5S. The van der Waals surface area contributed by atoms with Crippen molar-refractivity contribution >= 4 is 21.4 Å². The smallest absolute Gasteiger partial charge is 0.293 e. The van der Waals surface area contributed by atoms with E-state index in [1.807, 2.05) is 0 Å². The molecule has 1 saturated heterocycles. The zero-order valence-electron chi connectivity index (χ0n) is 16.6. The van der Waals surface area contributed by atoms with Gasteiger partial charge in [-0.2, -0.15) is 4.31 Å². The molecule has 162 valence electrons. The van der Waals surface area contributed by atoms with Gasteiger partial charge in [-0.3, -0.25) is 10.1 Å². The van der Waals surface area contributed by atoms with Crippen LogP contribution in [0.1, 0.15) is 38.5 Å². The lowest BCUT2D eigenvalue weighted by atomic mass is 9.95. The van der Waals surface area contributed by atoms with Gasteiger partial charge in [0.1, 0.15) is 5.69 Å². The fourth-order valence-electron chi connectivity index (χ4n) is 3.83. The Morgan fingerprint density at radius 3 is 2.55 bits per heavy atom. The summed E-state index contributed by atoms with van der Waals surface area (Å²) in [6.07, 6.45) is 7.15. The number of hydrogen-bond donors (Lipinski definition) is 2. The number of hydrogen-bond acceptors (Lipinski definition) is 7. The third-order valence-corrected chi connectivity index (χ3v) is 7.38. The van der Waals surface area contributed by atoms with Gasteiger partial charge in [-0.15, -0.1) is 0 Å². The number of nitrogens with zero attached hydrogens (tertiary/aromatic N) is 2. The van der Waals surface area contributed by atoms with Gasteiger partial charge in [-0.05, 0) is 37.9 Å². The van der Waals surface area contributed by atoms with E-state index in [0.29, 0.717) is 31.5 Å². The van der Waals surface area contributed by atoms with E-state index in [4.69, 9.17) is 4.74 Å². The normalized spacial score (nSPS) is 19.2. The van der Waals surface area contributed by atoms with Crippen LogP contribution in [0.4, 0.5) is 11.4 Å². The summed E-state index contributed by atoms with van der Waals surface area (Å²) in [5, 5.41) is 18.1. The molecule has 0 bridgehead atoms. The summed E-state index contributed by atoms with van der Waals surface area (Å²) in [5.41, 5.74) is 0.119. The summed E-state index contributed by atoms with van der Waals surface area (Å²) in [7, 11) is -3.77. The number of nitro groups is 1. The summed E-state index contributed by atoms with van der Waals surface area (Å²) in [6.45, 7) is 2.60. The molecule has 9 nitrogen and oxygen atoms in total. The number of nitro benzene ring substituents is 1. The zero-order chi connectivity index (χ0) is 20.7. The minimum atomic E-state index is -3.77. The van der Waals surface area contributed by atoms with Crippen molar-refractivity contribution < 1.29 is 18.1 Å². The Hall–Kier alpha value is -1.75. The molecule has 2 fully saturated rings. The zero-order valence-corrected chi connectivity index (χ0v) is 17.5. The third-order valence-electron chi connectivity index (χ3n) is 5.48. The van der Waals surface area contributed by atoms with Crippen LogP contribution in [-0.4, -0.2) is 63.1 Å². The van der Waals surface area contributed by atoms with Crippen LogP contribution in [0.5, 0.6) is 0 Å². The minimum absolute atomic E-state index is 0.0596. The van der Waals surface area contributed by atoms with Crippen LogP contribution in [0.25, 0.3) is 0 Å². The second kappa shape index (κ2) is 10.3. The van der Waals surface area contributed by atoms with Crippen molar-refractivity contribution in [1.82, 2.24) is 9.62 Å². The topological polar surface area (TPSA) is 114 Å². The average molecular weight is 427 g/mol. The van der Waals surface area contributed by atoms with Crippen LogP contribution in [0.3, 0.4) is 0 Å². The lowest BCUT2D eigenvalue weighted by Crippen LogP contribution is -2.40. The van der Waals surface area contributed by atoms with Crippen LogP contribution in [0.2, 0.25) is 0 Å². The van der Waals surface area contributed by atoms with Gasteiger partial charge in [0.15, 0.2) is 0 Å². The molecule has 0 spiro atoms. The van der Waals surface area contributed by atoms with Crippen molar-refractivity contribution in [3.8, 4) is 0 Å². The number of sulfonamides is 1. The Morgan fingerprint density at radius 1 is 1.14 bits per heavy atom. The quantitative estimate of drug-likeness (QED) is 0.354. The molecule has 0 amide bonds. The number of benzene rings is 1. The molecule has 2 aliphatic rings. The molecule has 1 aromatic carbocycles. The van der Waals surface area contributed by atoms with E-state index < -0.39 is 14.9 Å². The lowest BCUT2D eigenvalue weighted by Gasteiger charge is -2.26. The molecule has 1 saturated carbocycles. The first-order valence-corrected chi connectivity index (χ1v) is 11.8. The van der Waals surface area contributed by atoms with Crippen LogP contribution in [0, 0.1) is 10.1 Å². The molecule has 3 rings (SSSR count). The summed E-state index contributed by atoms with van der Waals surface area (Å²) in [6, 6.07) is 4.65. The molecule has 0 unspecified atom stereocenters. The largest absolute Gasteiger partial charge is 0.379 e. The first-order valence-electron chi connectivity index (χ1n) is 10.3. The number of ether oxygens (including phenoxy) is 1. The Bertz CT molecular complexity index is 790. The van der Waals surface area contributed by atoms with Gasteiger partial charge in [0, 0.05) is 31.7 Å². The van der Waals surface area contributed by atoms with Crippen molar-refractivity contribution in [3.63, 3.8) is 0 Å². The average Bonchev–Trinajstić information content (AvgIpc) is 2.74. The molecule has 1 aliphatic heterocycles. The minimum Gasteiger partial charge on any atom is -0.379 e. The van der Waals surface area contributed by atoms with Gasteiger partial charge in [-0.25, -0.2) is 8.42 Å². The summed E-state index contributed by atoms with van der Waals surface area (Å²) < 4.78 is 32.0. The molecule has 1 heterocycles. The van der Waals surface area contributed by atoms with E-state index in [2.05, 4.69) is 10.6 Å². The Morgan fingerprint density at radius 2 is 1.86 bits per heavy atom. The number of nitrogens with one attached hydrogen (secondary N) is 2. The fraction of sp³-hybridized carbons (Fsp3) is 0.684. The van der Waals surface area contributed by atoms with E-state index in [0.717, 1.165) is 19.0 Å². The first kappa shape index (κ1) is 21.9. The number of morpholine rings is 1. The standard InChI is InChI=1S/C19H30N4O5S/c24-23(25)19-15-17(29(26,27)22-11-13-28-14-12-22)7-8-18(19)21-10-4-9-20-16-5-2-1-3-6-16/h7-8,15-16,20-21H,1-6,9-14H2.